The molecule has 1 atom stereocenters. The van der Waals surface area contributed by atoms with E-state index >= 15 is 0 Å². The van der Waals surface area contributed by atoms with Crippen LogP contribution in [0.15, 0.2) is 42.7 Å². The Balaban J connectivity index is 1.39. The third kappa shape index (κ3) is 3.68. The van der Waals surface area contributed by atoms with E-state index in [0.29, 0.717) is 13.1 Å². The van der Waals surface area contributed by atoms with Gasteiger partial charge in [-0.2, -0.15) is 5.10 Å². The van der Waals surface area contributed by atoms with Crippen molar-refractivity contribution in [1.29, 1.82) is 0 Å². The minimum Gasteiger partial charge on any atom is -0.394 e. The van der Waals surface area contributed by atoms with E-state index in [1.54, 1.807) is 4.68 Å². The summed E-state index contributed by atoms with van der Waals surface area (Å²) in [5.74, 6) is 0.181. The summed E-state index contributed by atoms with van der Waals surface area (Å²) in [5.41, 5.74) is 4.71. The van der Waals surface area contributed by atoms with Gasteiger partial charge in [-0.25, -0.2) is 0 Å². The van der Waals surface area contributed by atoms with E-state index in [0.717, 1.165) is 37.2 Å². The third-order valence-electron chi connectivity index (χ3n) is 5.46. The fourth-order valence-electron chi connectivity index (χ4n) is 4.08. The third-order valence-corrected chi connectivity index (χ3v) is 5.46. The number of carbonyl (C=O) groups is 1. The largest absolute Gasteiger partial charge is 0.394 e. The molecule has 27 heavy (non-hydrogen) atoms. The molecule has 0 spiro atoms. The maximum Gasteiger partial charge on any atom is 0.241 e. The van der Waals surface area contributed by atoms with Crippen molar-refractivity contribution in [3.05, 3.63) is 53.9 Å². The maximum atomic E-state index is 12.9. The van der Waals surface area contributed by atoms with Gasteiger partial charge in [0, 0.05) is 36.6 Å². The number of aromatic nitrogens is 2. The molecule has 0 unspecified atom stereocenters. The number of aliphatic hydroxyl groups is 1. The van der Waals surface area contributed by atoms with Gasteiger partial charge in [-0.3, -0.25) is 14.4 Å². The van der Waals surface area contributed by atoms with Gasteiger partial charge in [0.05, 0.1) is 25.9 Å². The molecule has 2 aliphatic rings. The summed E-state index contributed by atoms with van der Waals surface area (Å²) in [5, 5.41) is 13.3. The standard InChI is InChI=1S/C21H26N4O2/c1-16-12-18-4-2-3-5-20(18)25(16)21(27)15-23-8-6-17(7-9-23)19-13-22-24(14-19)10-11-26/h2-6,13-14,16,26H,7-12,15H2,1H3/t16-/m0/s1. The summed E-state index contributed by atoms with van der Waals surface area (Å²) < 4.78 is 1.76. The van der Waals surface area contributed by atoms with E-state index in [2.05, 4.69) is 35.1 Å². The number of rotatable bonds is 5. The smallest absolute Gasteiger partial charge is 0.241 e. The van der Waals surface area contributed by atoms with Crippen molar-refractivity contribution in [2.75, 3.05) is 31.1 Å². The Kier molecular flexibility index (Phi) is 5.09. The van der Waals surface area contributed by atoms with Crippen molar-refractivity contribution in [2.45, 2.75) is 32.4 Å². The fraction of sp³-hybridized carbons (Fsp3) is 0.429. The molecule has 1 N–H and O–H groups in total. The molecule has 0 bridgehead atoms. The number of fused-ring (bicyclic) bond motifs is 1. The first-order chi connectivity index (χ1) is 13.2. The maximum absolute atomic E-state index is 12.9. The number of benzene rings is 1. The summed E-state index contributed by atoms with van der Waals surface area (Å²) in [4.78, 5) is 17.1. The number of amides is 1. The summed E-state index contributed by atoms with van der Waals surface area (Å²) in [6.07, 6.45) is 7.86. The van der Waals surface area contributed by atoms with Gasteiger partial charge >= 0.3 is 0 Å². The highest BCUT2D eigenvalue weighted by molar-refractivity contribution is 5.97. The van der Waals surface area contributed by atoms with Gasteiger partial charge in [0.1, 0.15) is 0 Å². The minimum atomic E-state index is 0.0914. The monoisotopic (exact) mass is 366 g/mol. The highest BCUT2D eigenvalue weighted by Crippen LogP contribution is 2.32. The number of anilines is 1. The van der Waals surface area contributed by atoms with E-state index in [4.69, 9.17) is 5.11 Å². The number of aliphatic hydroxyl groups excluding tert-OH is 1. The Bertz CT molecular complexity index is 857. The Morgan fingerprint density at radius 1 is 1.33 bits per heavy atom. The second-order valence-corrected chi connectivity index (χ2v) is 7.38. The number of carbonyl (C=O) groups excluding carboxylic acids is 1. The molecule has 142 valence electrons. The zero-order valence-corrected chi connectivity index (χ0v) is 15.7. The van der Waals surface area contributed by atoms with Crippen LogP contribution >= 0.6 is 0 Å². The molecule has 3 heterocycles. The van der Waals surface area contributed by atoms with Crippen LogP contribution in [0.4, 0.5) is 5.69 Å². The zero-order valence-electron chi connectivity index (χ0n) is 15.7. The second kappa shape index (κ2) is 7.66. The van der Waals surface area contributed by atoms with Crippen molar-refractivity contribution in [2.24, 2.45) is 0 Å². The highest BCUT2D eigenvalue weighted by Gasteiger charge is 2.31. The summed E-state index contributed by atoms with van der Waals surface area (Å²) in [6, 6.07) is 8.44. The van der Waals surface area contributed by atoms with Crippen LogP contribution in [-0.2, 0) is 17.8 Å². The normalized spacial score (nSPS) is 19.9. The van der Waals surface area contributed by atoms with Crippen molar-refractivity contribution in [3.63, 3.8) is 0 Å². The average molecular weight is 366 g/mol. The van der Waals surface area contributed by atoms with Crippen molar-refractivity contribution < 1.29 is 9.90 Å². The molecule has 2 aromatic rings. The summed E-state index contributed by atoms with van der Waals surface area (Å²) in [7, 11) is 0. The van der Waals surface area contributed by atoms with Crippen molar-refractivity contribution in [1.82, 2.24) is 14.7 Å². The van der Waals surface area contributed by atoms with Gasteiger partial charge in [0.2, 0.25) is 5.91 Å². The number of nitrogens with zero attached hydrogens (tertiary/aromatic N) is 4. The molecule has 1 amide bonds. The van der Waals surface area contributed by atoms with Crippen LogP contribution in [0.3, 0.4) is 0 Å². The van der Waals surface area contributed by atoms with Crippen LogP contribution < -0.4 is 4.90 Å². The van der Waals surface area contributed by atoms with Crippen molar-refractivity contribution in [3.8, 4) is 0 Å². The molecule has 1 aromatic heterocycles. The molecule has 0 saturated carbocycles. The number of hydrogen-bond acceptors (Lipinski definition) is 4. The lowest BCUT2D eigenvalue weighted by atomic mass is 10.0. The van der Waals surface area contributed by atoms with E-state index in [1.807, 2.05) is 29.4 Å². The van der Waals surface area contributed by atoms with Crippen LogP contribution in [0.1, 0.15) is 24.5 Å². The summed E-state index contributed by atoms with van der Waals surface area (Å²) >= 11 is 0. The first kappa shape index (κ1) is 17.9. The molecule has 6 heteroatoms. The van der Waals surface area contributed by atoms with E-state index in [1.165, 1.54) is 11.1 Å². The first-order valence-corrected chi connectivity index (χ1v) is 9.60. The SMILES string of the molecule is C[C@H]1Cc2ccccc2N1C(=O)CN1CC=C(c2cnn(CCO)c2)CC1. The molecule has 2 aliphatic heterocycles. The lowest BCUT2D eigenvalue weighted by molar-refractivity contribution is -0.119. The summed E-state index contributed by atoms with van der Waals surface area (Å²) in [6.45, 7) is 4.82. The molecule has 4 rings (SSSR count). The van der Waals surface area contributed by atoms with Gasteiger partial charge < -0.3 is 10.0 Å². The van der Waals surface area contributed by atoms with Gasteiger partial charge in [0.25, 0.3) is 0 Å². The molecular weight excluding hydrogens is 340 g/mol. The van der Waals surface area contributed by atoms with E-state index in [-0.39, 0.29) is 18.6 Å². The molecule has 0 aliphatic carbocycles. The number of hydrogen-bond donors (Lipinski definition) is 1. The van der Waals surface area contributed by atoms with Crippen LogP contribution in [-0.4, -0.2) is 58.0 Å². The zero-order chi connectivity index (χ0) is 18.8. The molecule has 0 saturated heterocycles. The van der Waals surface area contributed by atoms with Crippen LogP contribution in [0.5, 0.6) is 0 Å². The van der Waals surface area contributed by atoms with Gasteiger partial charge in [-0.1, -0.05) is 24.3 Å². The topological polar surface area (TPSA) is 61.6 Å². The molecule has 0 radical (unpaired) electrons. The second-order valence-electron chi connectivity index (χ2n) is 7.38. The average Bonchev–Trinajstić information content (AvgIpc) is 3.26. The minimum absolute atomic E-state index is 0.0914. The van der Waals surface area contributed by atoms with Crippen LogP contribution in [0.25, 0.3) is 5.57 Å². The van der Waals surface area contributed by atoms with E-state index < -0.39 is 0 Å². The van der Waals surface area contributed by atoms with Crippen LogP contribution in [0, 0.1) is 0 Å². The van der Waals surface area contributed by atoms with E-state index in [9.17, 15) is 4.79 Å². The fourth-order valence-corrected chi connectivity index (χ4v) is 4.08. The highest BCUT2D eigenvalue weighted by atomic mass is 16.3. The van der Waals surface area contributed by atoms with Crippen LogP contribution in [0.2, 0.25) is 0 Å². The predicted molar refractivity (Wildman–Crippen MR) is 105 cm³/mol. The Morgan fingerprint density at radius 2 is 2.19 bits per heavy atom. The number of para-hydroxylation sites is 1. The van der Waals surface area contributed by atoms with Gasteiger partial charge in [0.15, 0.2) is 0 Å². The lowest BCUT2D eigenvalue weighted by Crippen LogP contribution is -2.44. The molecule has 1 aromatic carbocycles. The molecular formula is C21H26N4O2. The predicted octanol–water partition coefficient (Wildman–Crippen LogP) is 1.94. The lowest BCUT2D eigenvalue weighted by Gasteiger charge is -2.29. The molecule has 6 nitrogen and oxygen atoms in total. The Labute approximate surface area is 159 Å². The Morgan fingerprint density at radius 3 is 2.96 bits per heavy atom. The van der Waals surface area contributed by atoms with Crippen molar-refractivity contribution >= 4 is 17.2 Å². The Hall–Kier alpha value is -2.44. The van der Waals surface area contributed by atoms with Gasteiger partial charge in [-0.05, 0) is 37.0 Å². The first-order valence-electron chi connectivity index (χ1n) is 9.60. The molecule has 0 fully saturated rings. The quantitative estimate of drug-likeness (QED) is 0.879. The van der Waals surface area contributed by atoms with Gasteiger partial charge in [-0.15, -0.1) is 0 Å².